The summed E-state index contributed by atoms with van der Waals surface area (Å²) in [7, 11) is 2.13. The Morgan fingerprint density at radius 1 is 1.12 bits per heavy atom. The van der Waals surface area contributed by atoms with E-state index in [0.717, 1.165) is 36.5 Å². The van der Waals surface area contributed by atoms with Gasteiger partial charge in [0.15, 0.2) is 11.9 Å². The average Bonchev–Trinajstić information content (AvgIpc) is 3.58. The lowest BCUT2D eigenvalue weighted by molar-refractivity contribution is -0.120. The second-order valence-corrected chi connectivity index (χ2v) is 8.83. The predicted molar refractivity (Wildman–Crippen MR) is 123 cm³/mol. The van der Waals surface area contributed by atoms with Crippen LogP contribution in [0.3, 0.4) is 0 Å². The maximum atomic E-state index is 13.8. The van der Waals surface area contributed by atoms with E-state index in [0.29, 0.717) is 24.3 Å². The van der Waals surface area contributed by atoms with E-state index in [1.54, 1.807) is 17.4 Å². The highest BCUT2D eigenvalue weighted by Gasteiger charge is 2.48. The first kappa shape index (κ1) is 20.0. The van der Waals surface area contributed by atoms with Crippen LogP contribution in [0.2, 0.25) is 0 Å². The van der Waals surface area contributed by atoms with Gasteiger partial charge in [-0.05, 0) is 50.7 Å². The van der Waals surface area contributed by atoms with Crippen molar-refractivity contribution in [3.8, 4) is 0 Å². The zero-order chi connectivity index (χ0) is 22.4. The quantitative estimate of drug-likeness (QED) is 0.599. The number of aliphatic imine (C=N–C) groups is 1. The molecule has 9 nitrogen and oxygen atoms in total. The van der Waals surface area contributed by atoms with Crippen LogP contribution >= 0.6 is 0 Å². The number of hydrogen-bond acceptors (Lipinski definition) is 8. The molecule has 3 aliphatic heterocycles. The highest BCUT2D eigenvalue weighted by Crippen LogP contribution is 2.42. The van der Waals surface area contributed by atoms with Crippen LogP contribution in [-0.2, 0) is 17.8 Å². The molecule has 5 heterocycles. The molecule has 0 radical (unpaired) electrons. The lowest BCUT2D eigenvalue weighted by Crippen LogP contribution is -2.52. The lowest BCUT2D eigenvalue weighted by Gasteiger charge is -2.39. The monoisotopic (exact) mass is 443 g/mol. The fraction of sp³-hybridized carbons (Fsp3) is 0.375. The molecule has 3 aromatic rings. The van der Waals surface area contributed by atoms with Gasteiger partial charge in [-0.3, -0.25) is 14.8 Å². The minimum absolute atomic E-state index is 0.0582. The summed E-state index contributed by atoms with van der Waals surface area (Å²) in [5, 5.41) is 4.21. The van der Waals surface area contributed by atoms with Crippen LogP contribution < -0.4 is 9.80 Å². The van der Waals surface area contributed by atoms with Crippen LogP contribution in [0.1, 0.15) is 36.3 Å². The van der Waals surface area contributed by atoms with Gasteiger partial charge in [0.25, 0.3) is 11.8 Å². The van der Waals surface area contributed by atoms with Crippen molar-refractivity contribution in [2.45, 2.75) is 43.9 Å². The van der Waals surface area contributed by atoms with Gasteiger partial charge in [-0.25, -0.2) is 0 Å². The number of aromatic nitrogens is 3. The third kappa shape index (κ3) is 3.48. The number of pyridine rings is 1. The van der Waals surface area contributed by atoms with Crippen molar-refractivity contribution >= 4 is 23.6 Å². The zero-order valence-electron chi connectivity index (χ0n) is 18.4. The summed E-state index contributed by atoms with van der Waals surface area (Å²) in [5.74, 6) is 1.00. The van der Waals surface area contributed by atoms with E-state index in [2.05, 4.69) is 32.1 Å². The molecule has 1 aromatic carbocycles. The molecule has 0 aliphatic carbocycles. The Bertz CT molecular complexity index is 1190. The zero-order valence-corrected chi connectivity index (χ0v) is 18.4. The van der Waals surface area contributed by atoms with Gasteiger partial charge in [0.1, 0.15) is 6.04 Å². The Morgan fingerprint density at radius 3 is 2.76 bits per heavy atom. The van der Waals surface area contributed by atoms with Crippen LogP contribution in [0.4, 0.5) is 11.4 Å². The summed E-state index contributed by atoms with van der Waals surface area (Å²) in [6, 6.07) is 12.9. The molecule has 168 valence electrons. The molecule has 3 unspecified atom stereocenters. The summed E-state index contributed by atoms with van der Waals surface area (Å²) >= 11 is 0. The van der Waals surface area contributed by atoms with Crippen molar-refractivity contribution in [1.29, 1.82) is 0 Å². The third-order valence-corrected chi connectivity index (χ3v) is 6.79. The van der Waals surface area contributed by atoms with Crippen molar-refractivity contribution in [2.24, 2.45) is 4.99 Å². The minimum atomic E-state index is -0.564. The number of anilines is 2. The Kier molecular flexibility index (Phi) is 4.91. The molecule has 2 aromatic heterocycles. The number of rotatable bonds is 5. The van der Waals surface area contributed by atoms with Gasteiger partial charge >= 0.3 is 0 Å². The molecule has 1 fully saturated rings. The molecule has 33 heavy (non-hydrogen) atoms. The van der Waals surface area contributed by atoms with Crippen LogP contribution in [-0.4, -0.2) is 57.9 Å². The summed E-state index contributed by atoms with van der Waals surface area (Å²) in [6.45, 7) is 1.48. The van der Waals surface area contributed by atoms with Crippen molar-refractivity contribution in [3.05, 3.63) is 66.1 Å². The standard InChI is InChI=1S/C24H25N7O2/c1-29-12-6-8-17(29)13-20-27-23(33-28-20)21-22-24(32)30(14-16-7-4-5-11-25-16)18-9-2-3-10-19(18)31(22)15-26-21/h2-5,7,9-11,15,17,21-22H,6,8,12-14H2,1H3. The summed E-state index contributed by atoms with van der Waals surface area (Å²) in [6.07, 6.45) is 6.53. The van der Waals surface area contributed by atoms with E-state index >= 15 is 0 Å². The molecule has 1 saturated heterocycles. The molecular weight excluding hydrogens is 418 g/mol. The molecule has 0 spiro atoms. The number of carbonyl (C=O) groups excluding carboxylic acids is 1. The van der Waals surface area contributed by atoms with E-state index < -0.39 is 12.1 Å². The molecule has 0 bridgehead atoms. The van der Waals surface area contributed by atoms with Gasteiger partial charge in [-0.2, -0.15) is 4.98 Å². The van der Waals surface area contributed by atoms with Crippen molar-refractivity contribution in [3.63, 3.8) is 0 Å². The first-order valence-electron chi connectivity index (χ1n) is 11.3. The van der Waals surface area contributed by atoms with Gasteiger partial charge < -0.3 is 19.2 Å². The Balaban J connectivity index is 1.30. The molecule has 3 atom stereocenters. The van der Waals surface area contributed by atoms with E-state index in [9.17, 15) is 4.79 Å². The number of nitrogens with zero attached hydrogens (tertiary/aromatic N) is 7. The van der Waals surface area contributed by atoms with Gasteiger partial charge in [-0.15, -0.1) is 0 Å². The number of likely N-dealkylation sites (N-methyl/N-ethyl adjacent to an activating group) is 1. The fourth-order valence-electron chi connectivity index (χ4n) is 5.04. The number of benzene rings is 1. The largest absolute Gasteiger partial charge is 0.337 e. The molecular formula is C24H25N7O2. The number of likely N-dealkylation sites (tertiary alicyclic amines) is 1. The Hall–Kier alpha value is -3.59. The highest BCUT2D eigenvalue weighted by atomic mass is 16.5. The van der Waals surface area contributed by atoms with Crippen molar-refractivity contribution < 1.29 is 9.32 Å². The maximum Gasteiger partial charge on any atom is 0.254 e. The average molecular weight is 444 g/mol. The first-order valence-corrected chi connectivity index (χ1v) is 11.3. The van der Waals surface area contributed by atoms with Crippen molar-refractivity contribution in [2.75, 3.05) is 23.4 Å². The number of fused-ring (bicyclic) bond motifs is 3. The van der Waals surface area contributed by atoms with Crippen LogP contribution in [0.5, 0.6) is 0 Å². The molecule has 1 amide bonds. The molecule has 0 N–H and O–H groups in total. The van der Waals surface area contributed by atoms with Crippen LogP contribution in [0.25, 0.3) is 0 Å². The lowest BCUT2D eigenvalue weighted by atomic mass is 10.0. The van der Waals surface area contributed by atoms with E-state index in [1.165, 1.54) is 6.42 Å². The second-order valence-electron chi connectivity index (χ2n) is 8.83. The number of hydrogen-bond donors (Lipinski definition) is 0. The molecule has 3 aliphatic rings. The Labute approximate surface area is 191 Å². The topological polar surface area (TPSA) is 91.0 Å². The van der Waals surface area contributed by atoms with Gasteiger partial charge in [0.2, 0.25) is 0 Å². The second kappa shape index (κ2) is 8.08. The molecule has 0 saturated carbocycles. The first-order chi connectivity index (χ1) is 16.2. The molecule has 9 heteroatoms. The number of amides is 1. The van der Waals surface area contributed by atoms with E-state index in [4.69, 9.17) is 4.52 Å². The van der Waals surface area contributed by atoms with Crippen LogP contribution in [0, 0.1) is 0 Å². The molecule has 6 rings (SSSR count). The van der Waals surface area contributed by atoms with Crippen molar-refractivity contribution in [1.82, 2.24) is 20.0 Å². The maximum absolute atomic E-state index is 13.8. The van der Waals surface area contributed by atoms with Gasteiger partial charge in [-0.1, -0.05) is 23.4 Å². The van der Waals surface area contributed by atoms with E-state index in [1.807, 2.05) is 47.4 Å². The number of para-hydroxylation sites is 2. The summed E-state index contributed by atoms with van der Waals surface area (Å²) < 4.78 is 5.63. The fourth-order valence-corrected chi connectivity index (χ4v) is 5.04. The summed E-state index contributed by atoms with van der Waals surface area (Å²) in [4.78, 5) is 33.5. The minimum Gasteiger partial charge on any atom is -0.337 e. The normalized spacial score (nSPS) is 24.4. The smallest absolute Gasteiger partial charge is 0.254 e. The van der Waals surface area contributed by atoms with Gasteiger partial charge in [0, 0.05) is 18.7 Å². The number of carbonyl (C=O) groups is 1. The van der Waals surface area contributed by atoms with Gasteiger partial charge in [0.05, 0.1) is 30.0 Å². The van der Waals surface area contributed by atoms with E-state index in [-0.39, 0.29) is 5.91 Å². The third-order valence-electron chi connectivity index (χ3n) is 6.79. The summed E-state index contributed by atoms with van der Waals surface area (Å²) in [5.41, 5.74) is 2.59. The SMILES string of the molecule is CN1CCCC1Cc1noc(C2N=CN3c4ccccc4N(Cc4ccccn4)C(=O)C23)n1. The highest BCUT2D eigenvalue weighted by molar-refractivity contribution is 6.11. The Morgan fingerprint density at radius 2 is 1.97 bits per heavy atom. The van der Waals surface area contributed by atoms with Crippen LogP contribution in [0.15, 0.2) is 58.2 Å². The predicted octanol–water partition coefficient (Wildman–Crippen LogP) is 2.61.